The molecule has 1 heterocycles. The zero-order valence-corrected chi connectivity index (χ0v) is 19.3. The number of carbonyl (C=O) groups is 2. The van der Waals surface area contributed by atoms with Gasteiger partial charge in [-0.15, -0.1) is 0 Å². The van der Waals surface area contributed by atoms with E-state index in [1.807, 2.05) is 13.8 Å². The van der Waals surface area contributed by atoms with E-state index in [2.05, 4.69) is 10.0 Å². The monoisotopic (exact) mass is 461 g/mol. The van der Waals surface area contributed by atoms with Gasteiger partial charge >= 0.3 is 11.9 Å². The Morgan fingerprint density at radius 3 is 2.06 bits per heavy atom. The normalized spacial score (nSPS) is 25.1. The van der Waals surface area contributed by atoms with Crippen LogP contribution in [0.4, 0.5) is 0 Å². The number of ether oxygens (including phenoxy) is 7. The molecule has 0 aromatic carbocycles. The second-order valence-electron chi connectivity index (χ2n) is 7.30. The molecule has 1 aliphatic rings. The predicted octanol–water partition coefficient (Wildman–Crippen LogP) is 1.85. The molecule has 5 atom stereocenters. The topological polar surface area (TPSA) is 148 Å². The van der Waals surface area contributed by atoms with E-state index >= 15 is 0 Å². The van der Waals surface area contributed by atoms with E-state index in [9.17, 15) is 9.59 Å². The lowest BCUT2D eigenvalue weighted by Gasteiger charge is -2.43. The van der Waals surface area contributed by atoms with Gasteiger partial charge in [-0.05, 0) is 11.4 Å². The lowest BCUT2D eigenvalue weighted by Crippen LogP contribution is -2.53. The first-order valence-electron chi connectivity index (χ1n) is 10.7. The largest absolute Gasteiger partial charge is 0.463 e. The fourth-order valence-electron chi connectivity index (χ4n) is 3.05. The van der Waals surface area contributed by atoms with E-state index in [1.54, 1.807) is 0 Å². The Bertz CT molecular complexity index is 599. The van der Waals surface area contributed by atoms with Crippen LogP contribution >= 0.6 is 0 Å². The van der Waals surface area contributed by atoms with Crippen LogP contribution in [0, 0.1) is 11.8 Å². The first kappa shape index (κ1) is 28.1. The Balaban J connectivity index is 2.28. The number of carbonyl (C=O) groups excluding carboxylic acids is 2. The minimum Gasteiger partial charge on any atom is -0.463 e. The van der Waals surface area contributed by atoms with Crippen molar-refractivity contribution in [3.63, 3.8) is 0 Å². The lowest BCUT2D eigenvalue weighted by molar-refractivity contribution is -0.282. The zero-order valence-electron chi connectivity index (χ0n) is 19.3. The van der Waals surface area contributed by atoms with E-state index in [0.717, 1.165) is 0 Å². The average molecular weight is 462 g/mol. The van der Waals surface area contributed by atoms with Crippen molar-refractivity contribution < 1.29 is 42.7 Å². The van der Waals surface area contributed by atoms with Crippen LogP contribution in [0.25, 0.3) is 10.4 Å². The molecule has 1 fully saturated rings. The van der Waals surface area contributed by atoms with Crippen LogP contribution < -0.4 is 0 Å². The summed E-state index contributed by atoms with van der Waals surface area (Å²) < 4.78 is 38.3. The molecular formula is C20H35N3O9. The molecule has 12 nitrogen and oxygen atoms in total. The van der Waals surface area contributed by atoms with Gasteiger partial charge in [0.05, 0.1) is 52.4 Å². The summed E-state index contributed by atoms with van der Waals surface area (Å²) in [4.78, 5) is 25.3. The van der Waals surface area contributed by atoms with Gasteiger partial charge in [0, 0.05) is 31.2 Å². The standard InChI is InChI=1S/C20H35N3O9/c1-14-15(2)19(31-17(4)25)20(32-18(14)13-30-16(3)24)29-12-11-28-10-9-27-8-7-26-6-5-22-23-21/h14-15,18-20H,5-13H2,1-4H3/t14-,15-,18?,19?,20-/m0/s1. The minimum atomic E-state index is -0.784. The van der Waals surface area contributed by atoms with Gasteiger partial charge in [-0.3, -0.25) is 9.59 Å². The Morgan fingerprint density at radius 2 is 1.50 bits per heavy atom. The molecule has 32 heavy (non-hydrogen) atoms. The van der Waals surface area contributed by atoms with Gasteiger partial charge < -0.3 is 33.2 Å². The lowest BCUT2D eigenvalue weighted by atomic mass is 9.83. The highest BCUT2D eigenvalue weighted by molar-refractivity contribution is 5.66. The van der Waals surface area contributed by atoms with Gasteiger partial charge in [0.25, 0.3) is 0 Å². The van der Waals surface area contributed by atoms with Crippen LogP contribution in [0.5, 0.6) is 0 Å². The van der Waals surface area contributed by atoms with Crippen LogP contribution in [0.1, 0.15) is 27.7 Å². The second-order valence-corrected chi connectivity index (χ2v) is 7.30. The number of nitrogens with zero attached hydrogens (tertiary/aromatic N) is 3. The number of esters is 2. The number of rotatable bonds is 16. The van der Waals surface area contributed by atoms with Crippen molar-refractivity contribution in [3.05, 3.63) is 10.4 Å². The molecule has 12 heteroatoms. The van der Waals surface area contributed by atoms with Gasteiger partial charge in [-0.25, -0.2) is 0 Å². The molecule has 1 saturated heterocycles. The molecule has 1 rings (SSSR count). The van der Waals surface area contributed by atoms with Crippen LogP contribution in [-0.2, 0) is 42.7 Å². The van der Waals surface area contributed by atoms with Crippen molar-refractivity contribution in [1.29, 1.82) is 0 Å². The minimum absolute atomic E-state index is 0.00463. The molecule has 184 valence electrons. The highest BCUT2D eigenvalue weighted by Gasteiger charge is 2.44. The molecule has 0 N–H and O–H groups in total. The SMILES string of the molecule is CC(=O)OCC1O[C@H](OCCOCCOCCOCCN=[N+]=[N-])C(OC(C)=O)[C@@H](C)[C@@H]1C. The van der Waals surface area contributed by atoms with Crippen molar-refractivity contribution in [3.8, 4) is 0 Å². The summed E-state index contributed by atoms with van der Waals surface area (Å²) in [6.45, 7) is 9.48. The smallest absolute Gasteiger partial charge is 0.303 e. The van der Waals surface area contributed by atoms with Crippen molar-refractivity contribution in [2.45, 2.75) is 46.2 Å². The van der Waals surface area contributed by atoms with Crippen LogP contribution in [-0.4, -0.2) is 89.8 Å². The first-order chi connectivity index (χ1) is 15.4. The Kier molecular flexibility index (Phi) is 14.6. The van der Waals surface area contributed by atoms with E-state index in [-0.39, 0.29) is 37.1 Å². The summed E-state index contributed by atoms with van der Waals surface area (Å²) in [5.74, 6) is -0.861. The van der Waals surface area contributed by atoms with Crippen molar-refractivity contribution in [1.82, 2.24) is 0 Å². The molecule has 0 spiro atoms. The maximum atomic E-state index is 11.5. The van der Waals surface area contributed by atoms with E-state index < -0.39 is 18.4 Å². The molecule has 0 aromatic heterocycles. The Hall–Kier alpha value is -1.95. The van der Waals surface area contributed by atoms with Gasteiger partial charge in [-0.1, -0.05) is 19.0 Å². The second kappa shape index (κ2) is 16.7. The highest BCUT2D eigenvalue weighted by atomic mass is 16.7. The van der Waals surface area contributed by atoms with Gasteiger partial charge in [0.1, 0.15) is 6.61 Å². The summed E-state index contributed by atoms with van der Waals surface area (Å²) in [5.41, 5.74) is 8.14. The van der Waals surface area contributed by atoms with Crippen molar-refractivity contribution >= 4 is 11.9 Å². The quantitative estimate of drug-likeness (QED) is 0.110. The van der Waals surface area contributed by atoms with Gasteiger partial charge in [0.15, 0.2) is 12.4 Å². The molecule has 0 aromatic rings. The third-order valence-electron chi connectivity index (χ3n) is 4.92. The Morgan fingerprint density at radius 1 is 0.906 bits per heavy atom. The molecule has 0 aliphatic carbocycles. The molecule has 2 unspecified atom stereocenters. The third-order valence-corrected chi connectivity index (χ3v) is 4.92. The maximum Gasteiger partial charge on any atom is 0.303 e. The molecule has 0 amide bonds. The molecule has 0 saturated carbocycles. The van der Waals surface area contributed by atoms with Gasteiger partial charge in [0.2, 0.25) is 0 Å². The fourth-order valence-corrected chi connectivity index (χ4v) is 3.05. The number of azide groups is 1. The molecule has 0 bridgehead atoms. The van der Waals surface area contributed by atoms with Gasteiger partial charge in [-0.2, -0.15) is 0 Å². The van der Waals surface area contributed by atoms with E-state index in [1.165, 1.54) is 13.8 Å². The first-order valence-corrected chi connectivity index (χ1v) is 10.7. The summed E-state index contributed by atoms with van der Waals surface area (Å²) in [5, 5.41) is 3.36. The summed E-state index contributed by atoms with van der Waals surface area (Å²) in [6, 6.07) is 0. The van der Waals surface area contributed by atoms with Crippen LogP contribution in [0.15, 0.2) is 5.11 Å². The maximum absolute atomic E-state index is 11.5. The summed E-state index contributed by atoms with van der Waals surface area (Å²) in [6.07, 6.45) is -1.72. The van der Waals surface area contributed by atoms with Crippen LogP contribution in [0.3, 0.4) is 0 Å². The summed E-state index contributed by atoms with van der Waals surface area (Å²) in [7, 11) is 0. The van der Waals surface area contributed by atoms with Crippen molar-refractivity contribution in [2.24, 2.45) is 17.0 Å². The molecule has 0 radical (unpaired) electrons. The van der Waals surface area contributed by atoms with E-state index in [0.29, 0.717) is 46.2 Å². The average Bonchev–Trinajstić information content (AvgIpc) is 2.74. The highest BCUT2D eigenvalue weighted by Crippen LogP contribution is 2.33. The number of hydrogen-bond acceptors (Lipinski definition) is 10. The summed E-state index contributed by atoms with van der Waals surface area (Å²) >= 11 is 0. The third kappa shape index (κ3) is 11.6. The Labute approximate surface area is 188 Å². The zero-order chi connectivity index (χ0) is 23.8. The van der Waals surface area contributed by atoms with Crippen molar-refractivity contribution in [2.75, 3.05) is 59.4 Å². The number of hydrogen-bond donors (Lipinski definition) is 0. The van der Waals surface area contributed by atoms with Crippen LogP contribution in [0.2, 0.25) is 0 Å². The predicted molar refractivity (Wildman–Crippen MR) is 112 cm³/mol. The fraction of sp³-hybridized carbons (Fsp3) is 0.900. The molecule has 1 aliphatic heterocycles. The van der Waals surface area contributed by atoms with E-state index in [4.69, 9.17) is 38.7 Å². The molecular weight excluding hydrogens is 426 g/mol.